The average Bonchev–Trinajstić information content (AvgIpc) is 2.87. The molecule has 0 bridgehead atoms. The van der Waals surface area contributed by atoms with E-state index in [4.69, 9.17) is 18.9 Å². The molecule has 0 aromatic heterocycles. The quantitative estimate of drug-likeness (QED) is 0.252. The molecule has 2 aromatic rings. The van der Waals surface area contributed by atoms with Crippen molar-refractivity contribution in [2.75, 3.05) is 48.6 Å². The van der Waals surface area contributed by atoms with Crippen LogP contribution in [0.1, 0.15) is 68.2 Å². The largest absolute Gasteiger partial charge is 0.493 e. The van der Waals surface area contributed by atoms with E-state index >= 15 is 0 Å². The maximum atomic E-state index is 5.70. The summed E-state index contributed by atoms with van der Waals surface area (Å²) in [4.78, 5) is 0. The average molecular weight is 471 g/mol. The molecule has 1 aliphatic heterocycles. The van der Waals surface area contributed by atoms with E-state index < -0.39 is 0 Å². The van der Waals surface area contributed by atoms with Gasteiger partial charge in [-0.3, -0.25) is 0 Å². The minimum atomic E-state index is 0.345. The summed E-state index contributed by atoms with van der Waals surface area (Å²) in [5, 5.41) is 0. The Labute approximate surface area is 206 Å². The number of ether oxygens (including phenoxy) is 4. The monoisotopic (exact) mass is 470 g/mol. The number of nitrogens with zero attached hydrogens (tertiary/aromatic N) is 1. The Kier molecular flexibility index (Phi) is 9.52. The highest BCUT2D eigenvalue weighted by Crippen LogP contribution is 2.43. The second-order valence-corrected chi connectivity index (χ2v) is 9.76. The van der Waals surface area contributed by atoms with Crippen LogP contribution in [0, 0.1) is 0 Å². The maximum Gasteiger partial charge on any atom is 0.161 e. The molecule has 2 aromatic carbocycles. The van der Waals surface area contributed by atoms with Crippen molar-refractivity contribution in [3.05, 3.63) is 47.0 Å². The summed E-state index contributed by atoms with van der Waals surface area (Å²) < 4.78 is 23.4. The second kappa shape index (κ2) is 12.3. The van der Waals surface area contributed by atoms with Gasteiger partial charge in [-0.05, 0) is 48.2 Å². The zero-order chi connectivity index (χ0) is 24.6. The standard InChI is InChI=1S/C29H44NO4/c1-7-8-9-10-11-12-16-30(2)17-15-23-20-28(33-5)29(34-6)21-24(23)25(30)18-22-13-14-26(31-3)27(19-22)32-4/h13-14,19-21,25H,7-12,15-18H2,1-6H3/q+1. The van der Waals surface area contributed by atoms with Gasteiger partial charge in [0.25, 0.3) is 0 Å². The predicted molar refractivity (Wildman–Crippen MR) is 139 cm³/mol. The predicted octanol–water partition coefficient (Wildman–Crippen LogP) is 6.37. The lowest BCUT2D eigenvalue weighted by Crippen LogP contribution is -2.52. The van der Waals surface area contributed by atoms with Crippen molar-refractivity contribution < 1.29 is 23.4 Å². The fraction of sp³-hybridized carbons (Fsp3) is 0.586. The van der Waals surface area contributed by atoms with Gasteiger partial charge in [0, 0.05) is 18.4 Å². The Morgan fingerprint density at radius 2 is 1.38 bits per heavy atom. The number of fused-ring (bicyclic) bond motifs is 1. The summed E-state index contributed by atoms with van der Waals surface area (Å²) in [6.45, 7) is 4.60. The van der Waals surface area contributed by atoms with E-state index in [2.05, 4.69) is 38.2 Å². The third kappa shape index (κ3) is 5.99. The highest BCUT2D eigenvalue weighted by Gasteiger charge is 2.39. The summed E-state index contributed by atoms with van der Waals surface area (Å²) in [5.74, 6) is 3.18. The van der Waals surface area contributed by atoms with Gasteiger partial charge in [0.1, 0.15) is 6.04 Å². The van der Waals surface area contributed by atoms with E-state index in [1.807, 2.05) is 6.07 Å². The zero-order valence-electron chi connectivity index (χ0n) is 22.1. The number of benzene rings is 2. The first-order valence-electron chi connectivity index (χ1n) is 12.8. The van der Waals surface area contributed by atoms with Crippen molar-refractivity contribution in [3.8, 4) is 23.0 Å². The Balaban J connectivity index is 1.92. The number of quaternary nitrogens is 1. The van der Waals surface area contributed by atoms with Crippen molar-refractivity contribution in [1.29, 1.82) is 0 Å². The molecule has 0 amide bonds. The Morgan fingerprint density at radius 3 is 2.06 bits per heavy atom. The van der Waals surface area contributed by atoms with Gasteiger partial charge in [-0.1, -0.05) is 38.7 Å². The van der Waals surface area contributed by atoms with Crippen LogP contribution >= 0.6 is 0 Å². The van der Waals surface area contributed by atoms with Crippen molar-refractivity contribution >= 4 is 0 Å². The molecular formula is C29H44NO4+. The third-order valence-electron chi connectivity index (χ3n) is 7.55. The number of methoxy groups -OCH3 is 4. The highest BCUT2D eigenvalue weighted by atomic mass is 16.5. The van der Waals surface area contributed by atoms with Gasteiger partial charge in [0.05, 0.1) is 48.6 Å². The molecule has 2 atom stereocenters. The molecule has 5 nitrogen and oxygen atoms in total. The third-order valence-corrected chi connectivity index (χ3v) is 7.55. The molecule has 1 aliphatic rings. The van der Waals surface area contributed by atoms with Gasteiger partial charge in [0.15, 0.2) is 23.0 Å². The van der Waals surface area contributed by atoms with E-state index in [0.29, 0.717) is 6.04 Å². The van der Waals surface area contributed by atoms with Crippen LogP contribution in [0.25, 0.3) is 0 Å². The van der Waals surface area contributed by atoms with Crippen LogP contribution in [0.4, 0.5) is 0 Å². The van der Waals surface area contributed by atoms with Crippen LogP contribution in [0.3, 0.4) is 0 Å². The van der Waals surface area contributed by atoms with Gasteiger partial charge in [-0.25, -0.2) is 0 Å². The molecule has 2 unspecified atom stereocenters. The smallest absolute Gasteiger partial charge is 0.161 e. The van der Waals surface area contributed by atoms with Crippen LogP contribution in [-0.4, -0.2) is 53.1 Å². The first-order valence-corrected chi connectivity index (χ1v) is 12.8. The molecule has 0 saturated heterocycles. The first kappa shape index (κ1) is 26.2. The molecule has 0 aliphatic carbocycles. The Bertz CT molecular complexity index is 929. The number of hydrogen-bond acceptors (Lipinski definition) is 4. The first-order chi connectivity index (χ1) is 16.5. The number of hydrogen-bond donors (Lipinski definition) is 0. The normalized spacial score (nSPS) is 19.4. The number of rotatable bonds is 13. The Hall–Kier alpha value is -2.40. The van der Waals surface area contributed by atoms with E-state index in [1.54, 1.807) is 28.4 Å². The van der Waals surface area contributed by atoms with Gasteiger partial charge >= 0.3 is 0 Å². The zero-order valence-corrected chi connectivity index (χ0v) is 22.1. The van der Waals surface area contributed by atoms with E-state index in [9.17, 15) is 0 Å². The number of likely N-dealkylation sites (N-methyl/N-ethyl adjacent to an activating group) is 1. The lowest BCUT2D eigenvalue weighted by Gasteiger charge is -2.46. The topological polar surface area (TPSA) is 36.9 Å². The highest BCUT2D eigenvalue weighted by molar-refractivity contribution is 5.50. The molecule has 0 N–H and O–H groups in total. The molecule has 0 spiro atoms. The number of unbranched alkanes of at least 4 members (excludes halogenated alkanes) is 5. The molecule has 3 rings (SSSR count). The van der Waals surface area contributed by atoms with E-state index in [1.165, 1.54) is 61.8 Å². The molecule has 34 heavy (non-hydrogen) atoms. The van der Waals surface area contributed by atoms with Crippen molar-refractivity contribution in [2.45, 2.75) is 64.3 Å². The summed E-state index contributed by atoms with van der Waals surface area (Å²) >= 11 is 0. The molecule has 1 heterocycles. The summed E-state index contributed by atoms with van der Waals surface area (Å²) in [6, 6.07) is 11.1. The van der Waals surface area contributed by atoms with Crippen molar-refractivity contribution in [1.82, 2.24) is 0 Å². The van der Waals surface area contributed by atoms with Gasteiger partial charge in [0.2, 0.25) is 0 Å². The van der Waals surface area contributed by atoms with Gasteiger partial charge < -0.3 is 23.4 Å². The minimum Gasteiger partial charge on any atom is -0.493 e. The lowest BCUT2D eigenvalue weighted by atomic mass is 9.86. The molecule has 0 saturated carbocycles. The maximum absolute atomic E-state index is 5.70. The van der Waals surface area contributed by atoms with Crippen molar-refractivity contribution in [2.24, 2.45) is 0 Å². The summed E-state index contributed by atoms with van der Waals surface area (Å²) in [7, 11) is 9.27. The fourth-order valence-corrected chi connectivity index (χ4v) is 5.41. The molecule has 0 radical (unpaired) electrons. The molecule has 188 valence electrons. The summed E-state index contributed by atoms with van der Waals surface area (Å²) in [6.07, 6.45) is 9.93. The van der Waals surface area contributed by atoms with Crippen LogP contribution in [0.15, 0.2) is 30.3 Å². The van der Waals surface area contributed by atoms with E-state index in [0.717, 1.165) is 46.9 Å². The Morgan fingerprint density at radius 1 is 0.765 bits per heavy atom. The molecular weight excluding hydrogens is 426 g/mol. The van der Waals surface area contributed by atoms with Crippen molar-refractivity contribution in [3.63, 3.8) is 0 Å². The summed E-state index contributed by atoms with van der Waals surface area (Å²) in [5.41, 5.74) is 4.02. The molecule has 5 heteroatoms. The lowest BCUT2D eigenvalue weighted by molar-refractivity contribution is -0.941. The van der Waals surface area contributed by atoms with E-state index in [-0.39, 0.29) is 0 Å². The second-order valence-electron chi connectivity index (χ2n) is 9.76. The van der Waals surface area contributed by atoms with Gasteiger partial charge in [-0.2, -0.15) is 0 Å². The fourth-order valence-electron chi connectivity index (χ4n) is 5.41. The van der Waals surface area contributed by atoms with Gasteiger partial charge in [-0.15, -0.1) is 0 Å². The van der Waals surface area contributed by atoms with Crippen LogP contribution in [0.5, 0.6) is 23.0 Å². The van der Waals surface area contributed by atoms with Crippen LogP contribution in [-0.2, 0) is 12.8 Å². The minimum absolute atomic E-state index is 0.345. The SMILES string of the molecule is CCCCCCCC[N+]1(C)CCc2cc(OC)c(OC)cc2C1Cc1ccc(OC)c(OC)c1. The van der Waals surface area contributed by atoms with Crippen LogP contribution in [0.2, 0.25) is 0 Å². The van der Waals surface area contributed by atoms with Crippen LogP contribution < -0.4 is 18.9 Å². The molecule has 0 fully saturated rings.